The van der Waals surface area contributed by atoms with E-state index in [1.807, 2.05) is 6.92 Å². The van der Waals surface area contributed by atoms with Gasteiger partial charge in [-0.2, -0.15) is 0 Å². The van der Waals surface area contributed by atoms with Crippen LogP contribution in [0.2, 0.25) is 0 Å². The molecule has 1 aromatic heterocycles. The van der Waals surface area contributed by atoms with E-state index in [-0.39, 0.29) is 29.8 Å². The fourth-order valence-corrected chi connectivity index (χ4v) is 2.02. The molecule has 0 amide bonds. The number of benzene rings is 1. The third-order valence-corrected chi connectivity index (χ3v) is 3.05. The highest BCUT2D eigenvalue weighted by atomic mass is 127. The molecular formula is C17H24FIN4O. The maximum atomic E-state index is 12.9. The van der Waals surface area contributed by atoms with Gasteiger partial charge in [-0.1, -0.05) is 0 Å². The number of aliphatic imine (C=N–C) groups is 1. The van der Waals surface area contributed by atoms with Crippen molar-refractivity contribution in [3.63, 3.8) is 0 Å². The van der Waals surface area contributed by atoms with Gasteiger partial charge < -0.3 is 15.1 Å². The Hall–Kier alpha value is -1.64. The molecule has 2 rings (SSSR count). The van der Waals surface area contributed by atoms with E-state index < -0.39 is 0 Å². The Morgan fingerprint density at radius 2 is 2.00 bits per heavy atom. The summed E-state index contributed by atoms with van der Waals surface area (Å²) in [6.45, 7) is 7.59. The van der Waals surface area contributed by atoms with Gasteiger partial charge in [0, 0.05) is 31.1 Å². The summed E-state index contributed by atoms with van der Waals surface area (Å²) in [5, 5.41) is 6.46. The summed E-state index contributed by atoms with van der Waals surface area (Å²) in [5.41, 5.74) is 1.59. The van der Waals surface area contributed by atoms with E-state index in [0.717, 1.165) is 23.8 Å². The second kappa shape index (κ2) is 10.3. The standard InChI is InChI=1S/C17H23FN4O.HI/c1-4-19-17(21-12(2)3)20-10-9-15-11-23-16(22-15)13-5-7-14(18)8-6-13;/h5-8,11-12H,4,9-10H2,1-3H3,(H2,19,20,21);1H. The van der Waals surface area contributed by atoms with Gasteiger partial charge in [0.25, 0.3) is 0 Å². The first-order valence-corrected chi connectivity index (χ1v) is 7.83. The molecule has 0 fully saturated rings. The van der Waals surface area contributed by atoms with Crippen LogP contribution < -0.4 is 10.6 Å². The second-order valence-electron chi connectivity index (χ2n) is 5.46. The van der Waals surface area contributed by atoms with Crippen LogP contribution in [0.4, 0.5) is 4.39 Å². The number of hydrogen-bond donors (Lipinski definition) is 2. The molecule has 0 spiro atoms. The van der Waals surface area contributed by atoms with Crippen LogP contribution in [0.3, 0.4) is 0 Å². The third-order valence-electron chi connectivity index (χ3n) is 3.05. The van der Waals surface area contributed by atoms with Crippen molar-refractivity contribution in [2.45, 2.75) is 33.2 Å². The molecule has 5 nitrogen and oxygen atoms in total. The maximum Gasteiger partial charge on any atom is 0.226 e. The molecular weight excluding hydrogens is 422 g/mol. The lowest BCUT2D eigenvalue weighted by Crippen LogP contribution is -2.41. The highest BCUT2D eigenvalue weighted by Gasteiger charge is 2.07. The largest absolute Gasteiger partial charge is 0.444 e. The lowest BCUT2D eigenvalue weighted by Gasteiger charge is -2.13. The summed E-state index contributed by atoms with van der Waals surface area (Å²) in [6.07, 6.45) is 2.30. The number of oxazole rings is 1. The minimum absolute atomic E-state index is 0. The number of nitrogens with zero attached hydrogens (tertiary/aromatic N) is 2. The van der Waals surface area contributed by atoms with Crippen molar-refractivity contribution in [1.29, 1.82) is 0 Å². The molecule has 0 radical (unpaired) electrons. The van der Waals surface area contributed by atoms with Crippen molar-refractivity contribution in [2.24, 2.45) is 4.99 Å². The Bertz CT molecular complexity index is 640. The summed E-state index contributed by atoms with van der Waals surface area (Å²) in [4.78, 5) is 8.92. The molecule has 0 saturated carbocycles. The number of nitrogens with one attached hydrogen (secondary N) is 2. The van der Waals surface area contributed by atoms with Gasteiger partial charge in [0.15, 0.2) is 5.96 Å². The van der Waals surface area contributed by atoms with Gasteiger partial charge in [-0.25, -0.2) is 9.37 Å². The first-order valence-electron chi connectivity index (χ1n) is 7.83. The van der Waals surface area contributed by atoms with Gasteiger partial charge in [0.2, 0.25) is 5.89 Å². The van der Waals surface area contributed by atoms with Crippen molar-refractivity contribution in [1.82, 2.24) is 15.6 Å². The van der Waals surface area contributed by atoms with Crippen molar-refractivity contribution in [3.05, 3.63) is 42.0 Å². The molecule has 0 saturated heterocycles. The summed E-state index contributed by atoms with van der Waals surface area (Å²) >= 11 is 0. The normalized spacial score (nSPS) is 11.3. The molecule has 0 aliphatic rings. The van der Waals surface area contributed by atoms with E-state index in [2.05, 4.69) is 34.5 Å². The number of rotatable bonds is 6. The Morgan fingerprint density at radius 3 is 2.62 bits per heavy atom. The smallest absolute Gasteiger partial charge is 0.226 e. The maximum absolute atomic E-state index is 12.9. The average molecular weight is 446 g/mol. The van der Waals surface area contributed by atoms with E-state index in [0.29, 0.717) is 24.9 Å². The molecule has 132 valence electrons. The van der Waals surface area contributed by atoms with Crippen LogP contribution in [0.25, 0.3) is 11.5 Å². The zero-order valence-electron chi connectivity index (χ0n) is 14.2. The monoisotopic (exact) mass is 446 g/mol. The molecule has 0 aliphatic carbocycles. The highest BCUT2D eigenvalue weighted by molar-refractivity contribution is 14.0. The molecule has 7 heteroatoms. The Kier molecular flexibility index (Phi) is 8.73. The second-order valence-corrected chi connectivity index (χ2v) is 5.46. The van der Waals surface area contributed by atoms with Crippen LogP contribution in [0.1, 0.15) is 26.5 Å². The van der Waals surface area contributed by atoms with Crippen LogP contribution >= 0.6 is 24.0 Å². The number of hydrogen-bond acceptors (Lipinski definition) is 3. The van der Waals surface area contributed by atoms with Gasteiger partial charge in [-0.3, -0.25) is 4.99 Å². The third kappa shape index (κ3) is 6.46. The molecule has 0 aliphatic heterocycles. The van der Waals surface area contributed by atoms with E-state index in [1.54, 1.807) is 18.4 Å². The highest BCUT2D eigenvalue weighted by Crippen LogP contribution is 2.19. The molecule has 0 atom stereocenters. The fraction of sp³-hybridized carbons (Fsp3) is 0.412. The van der Waals surface area contributed by atoms with Crippen molar-refractivity contribution in [3.8, 4) is 11.5 Å². The fourth-order valence-electron chi connectivity index (χ4n) is 2.02. The van der Waals surface area contributed by atoms with Crippen molar-refractivity contribution in [2.75, 3.05) is 13.1 Å². The van der Waals surface area contributed by atoms with Crippen LogP contribution in [-0.2, 0) is 6.42 Å². The lowest BCUT2D eigenvalue weighted by molar-refractivity contribution is 0.572. The molecule has 2 aromatic rings. The predicted molar refractivity (Wildman–Crippen MR) is 105 cm³/mol. The molecule has 2 N–H and O–H groups in total. The van der Waals surface area contributed by atoms with E-state index in [4.69, 9.17) is 4.42 Å². The quantitative estimate of drug-likeness (QED) is 0.405. The topological polar surface area (TPSA) is 62.5 Å². The summed E-state index contributed by atoms with van der Waals surface area (Å²) < 4.78 is 18.4. The number of aromatic nitrogens is 1. The minimum Gasteiger partial charge on any atom is -0.444 e. The number of halogens is 2. The molecule has 24 heavy (non-hydrogen) atoms. The summed E-state index contributed by atoms with van der Waals surface area (Å²) in [6, 6.07) is 6.41. The van der Waals surface area contributed by atoms with Gasteiger partial charge in [0.1, 0.15) is 12.1 Å². The van der Waals surface area contributed by atoms with Gasteiger partial charge in [0.05, 0.1) is 5.69 Å². The Morgan fingerprint density at radius 1 is 1.29 bits per heavy atom. The minimum atomic E-state index is -0.275. The van der Waals surface area contributed by atoms with Crippen LogP contribution in [0.15, 0.2) is 39.9 Å². The molecule has 1 aromatic carbocycles. The Labute approximate surface area is 159 Å². The van der Waals surface area contributed by atoms with Crippen LogP contribution in [-0.4, -0.2) is 30.1 Å². The summed E-state index contributed by atoms with van der Waals surface area (Å²) in [5.74, 6) is 1.02. The predicted octanol–water partition coefficient (Wildman–Crippen LogP) is 3.60. The molecule has 1 heterocycles. The molecule has 0 bridgehead atoms. The zero-order chi connectivity index (χ0) is 16.7. The van der Waals surface area contributed by atoms with Gasteiger partial charge in [-0.15, -0.1) is 24.0 Å². The number of guanidine groups is 1. The Balaban J connectivity index is 0.00000288. The van der Waals surface area contributed by atoms with Gasteiger partial charge in [-0.05, 0) is 45.0 Å². The van der Waals surface area contributed by atoms with E-state index >= 15 is 0 Å². The van der Waals surface area contributed by atoms with E-state index in [1.165, 1.54) is 12.1 Å². The van der Waals surface area contributed by atoms with E-state index in [9.17, 15) is 4.39 Å². The van der Waals surface area contributed by atoms with Crippen molar-refractivity contribution >= 4 is 29.9 Å². The molecule has 0 unspecified atom stereocenters. The van der Waals surface area contributed by atoms with Crippen molar-refractivity contribution < 1.29 is 8.81 Å². The average Bonchev–Trinajstić information content (AvgIpc) is 2.96. The summed E-state index contributed by atoms with van der Waals surface area (Å²) in [7, 11) is 0. The lowest BCUT2D eigenvalue weighted by atomic mass is 10.2. The zero-order valence-corrected chi connectivity index (χ0v) is 16.5. The first kappa shape index (κ1) is 20.4. The first-order chi connectivity index (χ1) is 11.1. The van der Waals surface area contributed by atoms with Gasteiger partial charge >= 0.3 is 0 Å². The van der Waals surface area contributed by atoms with Crippen LogP contribution in [0.5, 0.6) is 0 Å². The SMILES string of the molecule is CCNC(=NCCc1coc(-c2ccc(F)cc2)n1)NC(C)C.I. The van der Waals surface area contributed by atoms with Crippen LogP contribution in [0, 0.1) is 5.82 Å².